The molecule has 0 saturated heterocycles. The van der Waals surface area contributed by atoms with Crippen LogP contribution in [-0.2, 0) is 11.2 Å². The van der Waals surface area contributed by atoms with Crippen LogP contribution in [0.25, 0.3) is 27.8 Å². The minimum Gasteiger partial charge on any atom is -0.495 e. The van der Waals surface area contributed by atoms with E-state index in [4.69, 9.17) is 37.7 Å². The molecule has 8 nitrogen and oxygen atoms in total. The largest absolute Gasteiger partial charge is 0.495 e. The zero-order valence-electron chi connectivity index (χ0n) is 22.5. The van der Waals surface area contributed by atoms with Gasteiger partial charge >= 0.3 is 0 Å². The van der Waals surface area contributed by atoms with Gasteiger partial charge in [-0.1, -0.05) is 55.8 Å². The summed E-state index contributed by atoms with van der Waals surface area (Å²) >= 11 is 13.5. The number of imidazole rings is 1. The normalized spacial score (nSPS) is 11.3. The highest BCUT2D eigenvalue weighted by Crippen LogP contribution is 2.47. The molecular weight excluding hydrogens is 549 g/mol. The molecule has 0 atom stereocenters. The molecule has 0 radical (unpaired) electrons. The second-order valence-electron chi connectivity index (χ2n) is 9.48. The minimum atomic E-state index is -0.0671. The molecule has 5 rings (SSSR count). The Kier molecular flexibility index (Phi) is 7.65. The fraction of sp³-hybridized carbons (Fsp3) is 0.200. The summed E-state index contributed by atoms with van der Waals surface area (Å²) in [5.41, 5.74) is 5.15. The molecule has 0 aliphatic heterocycles. The quantitative estimate of drug-likeness (QED) is 0.183. The molecule has 0 aliphatic rings. The molecule has 2 aromatic carbocycles. The van der Waals surface area contributed by atoms with Gasteiger partial charge in [0.2, 0.25) is 5.95 Å². The van der Waals surface area contributed by atoms with Crippen molar-refractivity contribution in [2.75, 3.05) is 19.5 Å². The van der Waals surface area contributed by atoms with Crippen LogP contribution < -0.4 is 14.8 Å². The molecule has 0 saturated carbocycles. The number of allylic oxidation sites excluding steroid dienone is 1. The Balaban J connectivity index is 1.63. The minimum absolute atomic E-state index is 0.0671. The second-order valence-corrected chi connectivity index (χ2v) is 10.2. The maximum Gasteiger partial charge on any atom is 0.229 e. The van der Waals surface area contributed by atoms with Gasteiger partial charge in [-0.25, -0.2) is 9.97 Å². The summed E-state index contributed by atoms with van der Waals surface area (Å²) in [4.78, 5) is 26.1. The number of nitrogens with one attached hydrogen (secondary N) is 1. The zero-order valence-corrected chi connectivity index (χ0v) is 24.0. The van der Waals surface area contributed by atoms with Crippen molar-refractivity contribution in [3.63, 3.8) is 0 Å². The fourth-order valence-electron chi connectivity index (χ4n) is 4.56. The predicted molar refractivity (Wildman–Crippen MR) is 160 cm³/mol. The summed E-state index contributed by atoms with van der Waals surface area (Å²) in [7, 11) is 3.06. The number of benzene rings is 2. The molecule has 10 heteroatoms. The Hall–Kier alpha value is -4.14. The number of nitrogens with zero attached hydrogens (tertiary/aromatic N) is 4. The first-order valence-electron chi connectivity index (χ1n) is 12.5. The van der Waals surface area contributed by atoms with Gasteiger partial charge in [-0.2, -0.15) is 4.98 Å². The molecule has 0 fully saturated rings. The number of halogens is 2. The van der Waals surface area contributed by atoms with Crippen LogP contribution in [0.1, 0.15) is 30.9 Å². The number of ketones is 1. The number of fused-ring (bicyclic) bond motifs is 3. The van der Waals surface area contributed by atoms with Crippen molar-refractivity contribution in [3.05, 3.63) is 82.7 Å². The molecule has 0 aliphatic carbocycles. The smallest absolute Gasteiger partial charge is 0.229 e. The first kappa shape index (κ1) is 27.4. The molecule has 0 bridgehead atoms. The van der Waals surface area contributed by atoms with Gasteiger partial charge in [-0.05, 0) is 35.3 Å². The average molecular weight is 576 g/mol. The number of pyridine rings is 1. The predicted octanol–water partition coefficient (Wildman–Crippen LogP) is 7.43. The number of methoxy groups -OCH3 is 2. The summed E-state index contributed by atoms with van der Waals surface area (Å²) in [5, 5.41) is 4.70. The lowest BCUT2D eigenvalue weighted by Crippen LogP contribution is -2.06. The number of ether oxygens (including phenoxy) is 2. The molecule has 204 valence electrons. The van der Waals surface area contributed by atoms with E-state index in [2.05, 4.69) is 35.7 Å². The number of hydrogen-bond donors (Lipinski definition) is 1. The molecular formula is C30H27Cl2N5O3. The third-order valence-electron chi connectivity index (χ3n) is 6.68. The monoisotopic (exact) mass is 575 g/mol. The molecule has 5 aromatic rings. The van der Waals surface area contributed by atoms with E-state index in [1.54, 1.807) is 18.5 Å². The third-order valence-corrected chi connectivity index (χ3v) is 7.43. The van der Waals surface area contributed by atoms with E-state index in [1.807, 2.05) is 34.9 Å². The summed E-state index contributed by atoms with van der Waals surface area (Å²) in [5.74, 6) is 1.47. The highest BCUT2D eigenvalue weighted by molar-refractivity contribution is 6.41. The van der Waals surface area contributed by atoms with Crippen LogP contribution in [0.5, 0.6) is 11.5 Å². The van der Waals surface area contributed by atoms with Crippen LogP contribution in [0.15, 0.2) is 61.6 Å². The maximum atomic E-state index is 12.2. The summed E-state index contributed by atoms with van der Waals surface area (Å²) in [6, 6.07) is 9.55. The van der Waals surface area contributed by atoms with Gasteiger partial charge in [-0.15, -0.1) is 0 Å². The first-order valence-corrected chi connectivity index (χ1v) is 13.3. The van der Waals surface area contributed by atoms with Crippen LogP contribution in [0.3, 0.4) is 0 Å². The van der Waals surface area contributed by atoms with Gasteiger partial charge in [0.15, 0.2) is 11.4 Å². The topological polar surface area (TPSA) is 90.6 Å². The number of anilines is 2. The van der Waals surface area contributed by atoms with E-state index in [-0.39, 0.29) is 12.2 Å². The van der Waals surface area contributed by atoms with E-state index in [9.17, 15) is 4.79 Å². The Morgan fingerprint density at radius 2 is 1.80 bits per heavy atom. The highest BCUT2D eigenvalue weighted by Gasteiger charge is 2.22. The number of carbonyl (C=O) groups is 1. The van der Waals surface area contributed by atoms with E-state index >= 15 is 0 Å². The van der Waals surface area contributed by atoms with E-state index in [0.29, 0.717) is 55.8 Å². The third kappa shape index (κ3) is 4.96. The van der Waals surface area contributed by atoms with Gasteiger partial charge < -0.3 is 14.8 Å². The van der Waals surface area contributed by atoms with Crippen molar-refractivity contribution in [1.29, 1.82) is 0 Å². The first-order chi connectivity index (χ1) is 19.2. The molecule has 0 spiro atoms. The lowest BCUT2D eigenvalue weighted by molar-refractivity contribution is -0.114. The van der Waals surface area contributed by atoms with Crippen molar-refractivity contribution in [1.82, 2.24) is 19.4 Å². The molecule has 0 unspecified atom stereocenters. The van der Waals surface area contributed by atoms with Crippen molar-refractivity contribution < 1.29 is 14.3 Å². The van der Waals surface area contributed by atoms with Crippen molar-refractivity contribution in [2.45, 2.75) is 26.2 Å². The molecule has 0 amide bonds. The van der Waals surface area contributed by atoms with Gasteiger partial charge in [0.05, 0.1) is 24.3 Å². The second kappa shape index (κ2) is 11.2. The number of hydrogen-bond acceptors (Lipinski definition) is 7. The Morgan fingerprint density at radius 3 is 2.45 bits per heavy atom. The van der Waals surface area contributed by atoms with Crippen LogP contribution in [0, 0.1) is 0 Å². The highest BCUT2D eigenvalue weighted by atomic mass is 35.5. The van der Waals surface area contributed by atoms with Crippen LogP contribution in [-0.4, -0.2) is 39.4 Å². The number of carbonyl (C=O) groups excluding carboxylic acids is 1. The SMILES string of the molecule is C=CC(=O)Cc1cc(C(C)C)ccc1Nc1ncc2cc(-c3c(Cl)c(OC)cc(OC)c3Cl)c3nccn3c2n1. The molecule has 1 N–H and O–H groups in total. The van der Waals surface area contributed by atoms with E-state index in [0.717, 1.165) is 22.2 Å². The van der Waals surface area contributed by atoms with Crippen LogP contribution >= 0.6 is 23.2 Å². The number of aromatic nitrogens is 4. The van der Waals surface area contributed by atoms with E-state index < -0.39 is 0 Å². The maximum absolute atomic E-state index is 12.2. The standard InChI is InChI=1S/C30H27Cl2N5O3/c1-6-20(38)12-18-11-17(16(2)3)7-8-22(18)35-30-34-15-19-13-21(29-33-9-10-37(29)28(19)36-30)25-26(31)23(39-4)14-24(40-5)27(25)32/h6-11,13-16H,1,12H2,2-5H3,(H,34,35,36). The molecule has 40 heavy (non-hydrogen) atoms. The summed E-state index contributed by atoms with van der Waals surface area (Å²) < 4.78 is 12.8. The van der Waals surface area contributed by atoms with E-state index in [1.165, 1.54) is 20.3 Å². The van der Waals surface area contributed by atoms with Gasteiger partial charge in [0, 0.05) is 53.3 Å². The summed E-state index contributed by atoms with van der Waals surface area (Å²) in [6.07, 6.45) is 6.76. The van der Waals surface area contributed by atoms with Crippen molar-refractivity contribution >= 4 is 57.3 Å². The Labute approximate surface area is 241 Å². The van der Waals surface area contributed by atoms with Crippen molar-refractivity contribution in [3.8, 4) is 22.6 Å². The van der Waals surface area contributed by atoms with Crippen LogP contribution in [0.4, 0.5) is 11.6 Å². The van der Waals surface area contributed by atoms with Gasteiger partial charge in [0.1, 0.15) is 17.1 Å². The lowest BCUT2D eigenvalue weighted by Gasteiger charge is -2.16. The lowest BCUT2D eigenvalue weighted by atomic mass is 9.97. The average Bonchev–Trinajstić information content (AvgIpc) is 3.45. The fourth-order valence-corrected chi connectivity index (χ4v) is 5.26. The van der Waals surface area contributed by atoms with Gasteiger partial charge in [-0.3, -0.25) is 9.20 Å². The number of rotatable bonds is 9. The zero-order chi connectivity index (χ0) is 28.6. The van der Waals surface area contributed by atoms with Gasteiger partial charge in [0.25, 0.3) is 0 Å². The summed E-state index contributed by atoms with van der Waals surface area (Å²) in [6.45, 7) is 7.83. The molecule has 3 heterocycles. The van der Waals surface area contributed by atoms with Crippen LogP contribution in [0.2, 0.25) is 10.0 Å². The molecule has 3 aromatic heterocycles. The Morgan fingerprint density at radius 1 is 1.07 bits per heavy atom. The van der Waals surface area contributed by atoms with Crippen molar-refractivity contribution in [2.24, 2.45) is 0 Å². The Bertz CT molecular complexity index is 1750.